The molecule has 5 aromatic rings. The molecule has 3 aromatic heterocycles. The third kappa shape index (κ3) is 5.94. The van der Waals surface area contributed by atoms with Crippen molar-refractivity contribution >= 4 is 44.1 Å². The molecule has 0 spiro atoms. The van der Waals surface area contributed by atoms with Crippen molar-refractivity contribution in [3.63, 3.8) is 0 Å². The molecule has 0 saturated carbocycles. The van der Waals surface area contributed by atoms with Crippen LogP contribution >= 0.6 is 22.7 Å². The standard InChI is InChI=1S/C34H32N4O3S2/c1-21(2)29(37-34(40)41-3)33(39)38-17-7-10-28(38)32-35-18-27(36-32)24-15-13-23(14-16-24)26-20-43-30-25(19-42-31(26)30)12-11-22-8-5-4-6-9-22/h4-6,8-9,13-16,18-21,28-29H,7,10,17H2,1-3H3,(H,35,36)(H,37,40)/t28?,29-/m0/s1. The van der Waals surface area contributed by atoms with Crippen molar-refractivity contribution in [2.75, 3.05) is 13.7 Å². The van der Waals surface area contributed by atoms with Gasteiger partial charge in [-0.15, -0.1) is 22.7 Å². The summed E-state index contributed by atoms with van der Waals surface area (Å²) in [6.07, 6.45) is 2.91. The Balaban J connectivity index is 1.18. The number of rotatable bonds is 6. The molecule has 2 aromatic carbocycles. The Labute approximate surface area is 258 Å². The summed E-state index contributed by atoms with van der Waals surface area (Å²) >= 11 is 3.47. The molecule has 2 N–H and O–H groups in total. The zero-order valence-corrected chi connectivity index (χ0v) is 25.9. The van der Waals surface area contributed by atoms with Crippen molar-refractivity contribution in [1.82, 2.24) is 20.2 Å². The minimum absolute atomic E-state index is 0.0778. The van der Waals surface area contributed by atoms with E-state index in [2.05, 4.69) is 62.2 Å². The Bertz CT molecular complexity index is 1810. The summed E-state index contributed by atoms with van der Waals surface area (Å²) in [6.45, 7) is 4.45. The Kier molecular flexibility index (Phi) is 8.32. The molecule has 0 aliphatic carbocycles. The van der Waals surface area contributed by atoms with Gasteiger partial charge in [0.05, 0.1) is 40.0 Å². The molecule has 1 fully saturated rings. The summed E-state index contributed by atoms with van der Waals surface area (Å²) in [4.78, 5) is 35.3. The molecule has 43 heavy (non-hydrogen) atoms. The molecule has 7 nitrogen and oxygen atoms in total. The van der Waals surface area contributed by atoms with E-state index in [9.17, 15) is 9.59 Å². The number of aromatic nitrogens is 2. The number of amides is 2. The van der Waals surface area contributed by atoms with Crippen LogP contribution in [0.1, 0.15) is 49.7 Å². The lowest BCUT2D eigenvalue weighted by Gasteiger charge is -2.30. The molecule has 1 unspecified atom stereocenters. The highest BCUT2D eigenvalue weighted by atomic mass is 32.1. The van der Waals surface area contributed by atoms with Gasteiger partial charge in [-0.05, 0) is 42.0 Å². The van der Waals surface area contributed by atoms with Crippen LogP contribution < -0.4 is 5.32 Å². The van der Waals surface area contributed by atoms with E-state index in [4.69, 9.17) is 4.74 Å². The van der Waals surface area contributed by atoms with Crippen molar-refractivity contribution in [2.24, 2.45) is 5.92 Å². The normalized spacial score (nSPS) is 15.3. The summed E-state index contributed by atoms with van der Waals surface area (Å²) < 4.78 is 7.22. The first-order valence-corrected chi connectivity index (χ1v) is 16.0. The largest absolute Gasteiger partial charge is 0.453 e. The Hall–Kier alpha value is -4.39. The number of benzene rings is 2. The molecule has 2 atom stereocenters. The molecule has 1 aliphatic heterocycles. The average molecular weight is 609 g/mol. The van der Waals surface area contributed by atoms with Crippen LogP contribution in [0.15, 0.2) is 71.6 Å². The van der Waals surface area contributed by atoms with Crippen LogP contribution in [-0.2, 0) is 9.53 Å². The number of H-pyrrole nitrogens is 1. The molecule has 2 amide bonds. The van der Waals surface area contributed by atoms with Crippen molar-refractivity contribution in [3.05, 3.63) is 88.5 Å². The average Bonchev–Trinajstić information content (AvgIpc) is 3.84. The molecule has 1 saturated heterocycles. The number of hydrogen-bond acceptors (Lipinski definition) is 6. The second-order valence-electron chi connectivity index (χ2n) is 10.9. The maximum atomic E-state index is 13.5. The number of likely N-dealkylation sites (tertiary alicyclic amines) is 1. The van der Waals surface area contributed by atoms with Gasteiger partial charge in [-0.3, -0.25) is 4.79 Å². The second kappa shape index (κ2) is 12.5. The van der Waals surface area contributed by atoms with E-state index in [1.54, 1.807) is 22.7 Å². The second-order valence-corrected chi connectivity index (χ2v) is 12.6. The maximum Gasteiger partial charge on any atom is 0.407 e. The van der Waals surface area contributed by atoms with Crippen molar-refractivity contribution in [2.45, 2.75) is 38.8 Å². The van der Waals surface area contributed by atoms with Crippen LogP contribution in [-0.4, -0.2) is 46.6 Å². The third-order valence-electron chi connectivity index (χ3n) is 7.75. The van der Waals surface area contributed by atoms with Gasteiger partial charge in [0.25, 0.3) is 0 Å². The Morgan fingerprint density at radius 1 is 1.02 bits per heavy atom. The van der Waals surface area contributed by atoms with E-state index in [1.807, 2.05) is 55.3 Å². The number of carbonyl (C=O) groups is 2. The number of nitrogens with one attached hydrogen (secondary N) is 2. The molecule has 4 heterocycles. The number of carbonyl (C=O) groups excluding carboxylic acids is 2. The van der Waals surface area contributed by atoms with E-state index in [0.717, 1.165) is 46.6 Å². The molecular weight excluding hydrogens is 577 g/mol. The zero-order chi connectivity index (χ0) is 29.9. The number of nitrogens with zero attached hydrogens (tertiary/aromatic N) is 2. The summed E-state index contributed by atoms with van der Waals surface area (Å²) in [7, 11) is 1.30. The first-order chi connectivity index (χ1) is 20.9. The Morgan fingerprint density at radius 2 is 1.77 bits per heavy atom. The van der Waals surface area contributed by atoms with E-state index in [-0.39, 0.29) is 17.9 Å². The molecule has 9 heteroatoms. The summed E-state index contributed by atoms with van der Waals surface area (Å²) in [6, 6.07) is 17.7. The highest BCUT2D eigenvalue weighted by molar-refractivity contribution is 7.27. The lowest BCUT2D eigenvalue weighted by Crippen LogP contribution is -2.51. The van der Waals surface area contributed by atoms with Crippen LogP contribution in [0.2, 0.25) is 0 Å². The number of thiophene rings is 2. The fourth-order valence-electron chi connectivity index (χ4n) is 5.44. The van der Waals surface area contributed by atoms with Gasteiger partial charge in [0, 0.05) is 28.4 Å². The predicted octanol–water partition coefficient (Wildman–Crippen LogP) is 7.46. The van der Waals surface area contributed by atoms with Gasteiger partial charge < -0.3 is 19.9 Å². The Morgan fingerprint density at radius 3 is 2.51 bits per heavy atom. The maximum absolute atomic E-state index is 13.5. The van der Waals surface area contributed by atoms with Crippen LogP contribution in [0.5, 0.6) is 0 Å². The van der Waals surface area contributed by atoms with Crippen LogP contribution in [0, 0.1) is 17.8 Å². The monoisotopic (exact) mass is 608 g/mol. The van der Waals surface area contributed by atoms with E-state index in [0.29, 0.717) is 6.54 Å². The van der Waals surface area contributed by atoms with Crippen LogP contribution in [0.25, 0.3) is 31.8 Å². The lowest BCUT2D eigenvalue weighted by molar-refractivity contribution is -0.135. The topological polar surface area (TPSA) is 87.3 Å². The van der Waals surface area contributed by atoms with Crippen molar-refractivity contribution in [3.8, 4) is 34.2 Å². The number of alkyl carbamates (subject to hydrolysis) is 1. The molecule has 0 radical (unpaired) electrons. The van der Waals surface area contributed by atoms with Crippen LogP contribution in [0.4, 0.5) is 4.79 Å². The summed E-state index contributed by atoms with van der Waals surface area (Å²) in [5, 5.41) is 7.06. The van der Waals surface area contributed by atoms with Gasteiger partial charge >= 0.3 is 6.09 Å². The molecule has 1 aliphatic rings. The van der Waals surface area contributed by atoms with Gasteiger partial charge in [-0.2, -0.15) is 0 Å². The smallest absolute Gasteiger partial charge is 0.407 e. The van der Waals surface area contributed by atoms with Gasteiger partial charge in [0.1, 0.15) is 11.9 Å². The molecule has 6 rings (SSSR count). The lowest BCUT2D eigenvalue weighted by atomic mass is 10.0. The third-order valence-corrected chi connectivity index (χ3v) is 9.90. The van der Waals surface area contributed by atoms with Gasteiger partial charge in [-0.1, -0.05) is 68.2 Å². The minimum Gasteiger partial charge on any atom is -0.453 e. The first-order valence-electron chi connectivity index (χ1n) is 14.3. The van der Waals surface area contributed by atoms with Crippen molar-refractivity contribution in [1.29, 1.82) is 0 Å². The minimum atomic E-state index is -0.658. The fraction of sp³-hybridized carbons (Fsp3) is 0.265. The number of fused-ring (bicyclic) bond motifs is 1. The number of imidazole rings is 1. The van der Waals surface area contributed by atoms with E-state index < -0.39 is 12.1 Å². The zero-order valence-electron chi connectivity index (χ0n) is 24.2. The SMILES string of the molecule is COC(=O)N[C@H](C(=O)N1CCCC1c1ncc(-c2ccc(-c3csc4c(C#Cc5ccccc5)csc34)cc2)[nH]1)C(C)C. The fourth-order valence-corrected chi connectivity index (χ4v) is 7.76. The number of methoxy groups -OCH3 is 1. The highest BCUT2D eigenvalue weighted by Gasteiger charge is 2.37. The number of hydrogen-bond donors (Lipinski definition) is 2. The summed E-state index contributed by atoms with van der Waals surface area (Å²) in [5.74, 6) is 7.19. The quantitative estimate of drug-likeness (QED) is 0.196. The highest BCUT2D eigenvalue weighted by Crippen LogP contribution is 2.40. The van der Waals surface area contributed by atoms with Gasteiger partial charge in [0.15, 0.2) is 0 Å². The van der Waals surface area contributed by atoms with Crippen molar-refractivity contribution < 1.29 is 14.3 Å². The summed E-state index contributed by atoms with van der Waals surface area (Å²) in [5.41, 5.74) is 6.39. The first kappa shape index (κ1) is 28.7. The molecule has 0 bridgehead atoms. The van der Waals surface area contributed by atoms with Gasteiger partial charge in [-0.25, -0.2) is 9.78 Å². The molecular formula is C34H32N4O3S2. The molecule has 218 valence electrons. The predicted molar refractivity (Wildman–Crippen MR) is 173 cm³/mol. The van der Waals surface area contributed by atoms with Gasteiger partial charge in [0.2, 0.25) is 5.91 Å². The number of aromatic amines is 1. The van der Waals surface area contributed by atoms with E-state index in [1.165, 1.54) is 22.1 Å². The number of ether oxygens (including phenoxy) is 1. The van der Waals surface area contributed by atoms with E-state index >= 15 is 0 Å². The van der Waals surface area contributed by atoms with Crippen LogP contribution in [0.3, 0.4) is 0 Å².